The first-order chi connectivity index (χ1) is 8.99. The van der Waals surface area contributed by atoms with Gasteiger partial charge in [0.15, 0.2) is 0 Å². The van der Waals surface area contributed by atoms with E-state index in [4.69, 9.17) is 11.6 Å². The van der Waals surface area contributed by atoms with Gasteiger partial charge in [-0.1, -0.05) is 41.4 Å². The van der Waals surface area contributed by atoms with Crippen LogP contribution >= 0.6 is 11.6 Å². The Labute approximate surface area is 119 Å². The monoisotopic (exact) mass is 277 g/mol. The molecule has 1 atom stereocenters. The predicted molar refractivity (Wildman–Crippen MR) is 79.4 cm³/mol. The van der Waals surface area contributed by atoms with Crippen molar-refractivity contribution in [2.24, 2.45) is 7.05 Å². The molecular formula is C15H20ClN3. The molecule has 1 aromatic carbocycles. The van der Waals surface area contributed by atoms with Crippen LogP contribution in [0.4, 0.5) is 0 Å². The molecule has 102 valence electrons. The number of nitrogens with one attached hydrogen (secondary N) is 1. The minimum absolute atomic E-state index is 0.284. The highest BCUT2D eigenvalue weighted by Gasteiger charge is 2.12. The van der Waals surface area contributed by atoms with Crippen molar-refractivity contribution in [1.82, 2.24) is 15.1 Å². The fourth-order valence-corrected chi connectivity index (χ4v) is 2.32. The highest BCUT2D eigenvalue weighted by atomic mass is 35.5. The van der Waals surface area contributed by atoms with Crippen LogP contribution in [-0.2, 0) is 13.6 Å². The summed E-state index contributed by atoms with van der Waals surface area (Å²) >= 11 is 6.24. The highest BCUT2D eigenvalue weighted by molar-refractivity contribution is 6.31. The molecule has 0 aliphatic carbocycles. The molecule has 0 aliphatic rings. The maximum Gasteiger partial charge on any atom is 0.0860 e. The zero-order valence-electron chi connectivity index (χ0n) is 11.9. The zero-order chi connectivity index (χ0) is 14.0. The summed E-state index contributed by atoms with van der Waals surface area (Å²) in [6.45, 7) is 6.89. The molecule has 1 unspecified atom stereocenters. The summed E-state index contributed by atoms with van der Waals surface area (Å²) in [6, 6.07) is 8.86. The number of halogens is 1. The molecule has 0 saturated heterocycles. The smallest absolute Gasteiger partial charge is 0.0860 e. The maximum absolute atomic E-state index is 6.24. The largest absolute Gasteiger partial charge is 0.305 e. The minimum atomic E-state index is 0.284. The first-order valence-electron chi connectivity index (χ1n) is 6.47. The van der Waals surface area contributed by atoms with Crippen molar-refractivity contribution >= 4 is 11.6 Å². The second-order valence-electron chi connectivity index (χ2n) is 4.98. The molecule has 19 heavy (non-hydrogen) atoms. The third-order valence-electron chi connectivity index (χ3n) is 3.41. The van der Waals surface area contributed by atoms with Gasteiger partial charge in [0.1, 0.15) is 0 Å². The Bertz CT molecular complexity index is 558. The maximum atomic E-state index is 6.24. The standard InChI is InChI=1S/C15H20ClN3/c1-10-5-7-13(8-6-10)11(2)17-9-14-15(16)12(3)18-19(14)4/h5-8,11,17H,9H2,1-4H3. The number of hydrogen-bond acceptors (Lipinski definition) is 2. The lowest BCUT2D eigenvalue weighted by atomic mass is 10.1. The average molecular weight is 278 g/mol. The van der Waals surface area contributed by atoms with Crippen LogP contribution in [0.3, 0.4) is 0 Å². The summed E-state index contributed by atoms with van der Waals surface area (Å²) in [5.74, 6) is 0. The van der Waals surface area contributed by atoms with Crippen molar-refractivity contribution < 1.29 is 0 Å². The van der Waals surface area contributed by atoms with Crippen molar-refractivity contribution in [3.8, 4) is 0 Å². The van der Waals surface area contributed by atoms with E-state index in [-0.39, 0.29) is 6.04 Å². The van der Waals surface area contributed by atoms with Crippen molar-refractivity contribution in [3.63, 3.8) is 0 Å². The van der Waals surface area contributed by atoms with Crippen LogP contribution in [0.1, 0.15) is 35.5 Å². The Morgan fingerprint density at radius 1 is 1.26 bits per heavy atom. The lowest BCUT2D eigenvalue weighted by Crippen LogP contribution is -2.20. The molecule has 2 aromatic rings. The van der Waals surface area contributed by atoms with E-state index in [1.54, 1.807) is 0 Å². The van der Waals surface area contributed by atoms with E-state index in [2.05, 4.69) is 48.5 Å². The lowest BCUT2D eigenvalue weighted by Gasteiger charge is -2.15. The quantitative estimate of drug-likeness (QED) is 0.926. The molecule has 3 nitrogen and oxygen atoms in total. The molecule has 1 aromatic heterocycles. The van der Waals surface area contributed by atoms with Crippen LogP contribution in [0.5, 0.6) is 0 Å². The highest BCUT2D eigenvalue weighted by Crippen LogP contribution is 2.20. The SMILES string of the molecule is Cc1ccc(C(C)NCc2c(Cl)c(C)nn2C)cc1. The van der Waals surface area contributed by atoms with E-state index in [0.717, 1.165) is 16.4 Å². The average Bonchev–Trinajstić information content (AvgIpc) is 2.62. The number of rotatable bonds is 4. The van der Waals surface area contributed by atoms with Crippen LogP contribution in [-0.4, -0.2) is 9.78 Å². The molecule has 0 aliphatic heterocycles. The van der Waals surface area contributed by atoms with Crippen LogP contribution < -0.4 is 5.32 Å². The Morgan fingerprint density at radius 3 is 2.42 bits per heavy atom. The topological polar surface area (TPSA) is 29.9 Å². The van der Waals surface area contributed by atoms with Gasteiger partial charge in [-0.15, -0.1) is 0 Å². The third kappa shape index (κ3) is 3.17. The second-order valence-corrected chi connectivity index (χ2v) is 5.36. The summed E-state index contributed by atoms with van der Waals surface area (Å²) in [7, 11) is 1.92. The summed E-state index contributed by atoms with van der Waals surface area (Å²) in [5.41, 5.74) is 4.46. The Morgan fingerprint density at radius 2 is 1.89 bits per heavy atom. The summed E-state index contributed by atoms with van der Waals surface area (Å²) < 4.78 is 1.84. The van der Waals surface area contributed by atoms with E-state index in [1.165, 1.54) is 11.1 Å². The molecule has 0 bridgehead atoms. The molecule has 1 heterocycles. The van der Waals surface area contributed by atoms with Gasteiger partial charge in [0.25, 0.3) is 0 Å². The number of benzene rings is 1. The Balaban J connectivity index is 2.04. The first kappa shape index (κ1) is 14.1. The van der Waals surface area contributed by atoms with Gasteiger partial charge < -0.3 is 5.32 Å². The van der Waals surface area contributed by atoms with Gasteiger partial charge in [0, 0.05) is 19.6 Å². The molecule has 4 heteroatoms. The molecule has 1 N–H and O–H groups in total. The van der Waals surface area contributed by atoms with Gasteiger partial charge in [-0.25, -0.2) is 0 Å². The van der Waals surface area contributed by atoms with E-state index in [9.17, 15) is 0 Å². The number of aromatic nitrogens is 2. The fraction of sp³-hybridized carbons (Fsp3) is 0.400. The summed E-state index contributed by atoms with van der Waals surface area (Å²) in [4.78, 5) is 0. The molecule has 0 amide bonds. The Hall–Kier alpha value is -1.32. The molecule has 0 radical (unpaired) electrons. The normalized spacial score (nSPS) is 12.7. The van der Waals surface area contributed by atoms with E-state index in [0.29, 0.717) is 6.54 Å². The first-order valence-corrected chi connectivity index (χ1v) is 6.84. The summed E-state index contributed by atoms with van der Waals surface area (Å²) in [5, 5.41) is 8.56. The van der Waals surface area contributed by atoms with Gasteiger partial charge in [-0.3, -0.25) is 4.68 Å². The predicted octanol–water partition coefficient (Wildman–Crippen LogP) is 3.54. The lowest BCUT2D eigenvalue weighted by molar-refractivity contribution is 0.548. The van der Waals surface area contributed by atoms with E-state index in [1.807, 2.05) is 18.7 Å². The van der Waals surface area contributed by atoms with Gasteiger partial charge in [0.05, 0.1) is 16.4 Å². The minimum Gasteiger partial charge on any atom is -0.305 e. The number of hydrogen-bond donors (Lipinski definition) is 1. The van der Waals surface area contributed by atoms with Gasteiger partial charge in [-0.2, -0.15) is 5.10 Å². The van der Waals surface area contributed by atoms with Crippen LogP contribution in [0.15, 0.2) is 24.3 Å². The third-order valence-corrected chi connectivity index (χ3v) is 3.91. The van der Waals surface area contributed by atoms with Crippen molar-refractivity contribution in [2.45, 2.75) is 33.4 Å². The molecule has 2 rings (SSSR count). The van der Waals surface area contributed by atoms with Crippen LogP contribution in [0.25, 0.3) is 0 Å². The van der Waals surface area contributed by atoms with Crippen LogP contribution in [0.2, 0.25) is 5.02 Å². The summed E-state index contributed by atoms with van der Waals surface area (Å²) in [6.07, 6.45) is 0. The molecule has 0 fully saturated rings. The number of nitrogens with zero attached hydrogens (tertiary/aromatic N) is 2. The molecular weight excluding hydrogens is 258 g/mol. The zero-order valence-corrected chi connectivity index (χ0v) is 12.6. The van der Waals surface area contributed by atoms with Gasteiger partial charge in [0.2, 0.25) is 0 Å². The van der Waals surface area contributed by atoms with Crippen LogP contribution in [0, 0.1) is 13.8 Å². The van der Waals surface area contributed by atoms with Crippen molar-refractivity contribution in [1.29, 1.82) is 0 Å². The van der Waals surface area contributed by atoms with Gasteiger partial charge >= 0.3 is 0 Å². The van der Waals surface area contributed by atoms with E-state index >= 15 is 0 Å². The molecule has 0 spiro atoms. The van der Waals surface area contributed by atoms with Gasteiger partial charge in [-0.05, 0) is 26.3 Å². The van der Waals surface area contributed by atoms with Crippen molar-refractivity contribution in [3.05, 3.63) is 51.8 Å². The second kappa shape index (κ2) is 5.76. The fourth-order valence-electron chi connectivity index (χ4n) is 2.09. The Kier molecular flexibility index (Phi) is 4.27. The molecule has 0 saturated carbocycles. The number of aryl methyl sites for hydroxylation is 3. The van der Waals surface area contributed by atoms with Crippen molar-refractivity contribution in [2.75, 3.05) is 0 Å². The van der Waals surface area contributed by atoms with E-state index < -0.39 is 0 Å².